The van der Waals surface area contributed by atoms with E-state index >= 15 is 0 Å². The fourth-order valence-electron chi connectivity index (χ4n) is 3.80. The Kier molecular flexibility index (Phi) is 5.83. The second-order valence-electron chi connectivity index (χ2n) is 7.75. The number of quaternary nitrogens is 1. The molecule has 0 aliphatic carbocycles. The number of carbonyl (C=O) groups excluding carboxylic acids is 1. The van der Waals surface area contributed by atoms with Gasteiger partial charge in [0.2, 0.25) is 5.95 Å². The average molecular weight is 420 g/mol. The number of likely N-dealkylation sites (N-methyl/N-ethyl adjacent to an activating group) is 1. The Labute approximate surface area is 181 Å². The van der Waals surface area contributed by atoms with E-state index < -0.39 is 0 Å². The van der Waals surface area contributed by atoms with Crippen LogP contribution >= 0.6 is 0 Å². The molecule has 4 rings (SSSR count). The van der Waals surface area contributed by atoms with Crippen molar-refractivity contribution < 1.29 is 9.53 Å². The minimum atomic E-state index is -0.314. The van der Waals surface area contributed by atoms with Crippen LogP contribution in [0.1, 0.15) is 0 Å². The summed E-state index contributed by atoms with van der Waals surface area (Å²) in [6.07, 6.45) is 3.56. The first-order valence-corrected chi connectivity index (χ1v) is 10.2. The van der Waals surface area contributed by atoms with Crippen LogP contribution in [0.3, 0.4) is 0 Å². The number of piperazine rings is 1. The third kappa shape index (κ3) is 4.35. The van der Waals surface area contributed by atoms with E-state index in [2.05, 4.69) is 27.2 Å². The smallest absolute Gasteiger partial charge is 0.419 e. The van der Waals surface area contributed by atoms with Gasteiger partial charge in [-0.05, 0) is 36.9 Å². The van der Waals surface area contributed by atoms with Crippen LogP contribution < -0.4 is 20.3 Å². The monoisotopic (exact) mass is 419 g/mol. The number of hydrogen-bond acceptors (Lipinski definition) is 6. The highest BCUT2D eigenvalue weighted by Gasteiger charge is 2.40. The number of rotatable bonds is 5. The first kappa shape index (κ1) is 20.8. The lowest BCUT2D eigenvalue weighted by molar-refractivity contribution is 0.162. The molecule has 1 aliphatic rings. The third-order valence-electron chi connectivity index (χ3n) is 5.84. The maximum absolute atomic E-state index is 12.3. The van der Waals surface area contributed by atoms with E-state index in [1.807, 2.05) is 48.5 Å². The Balaban J connectivity index is 1.47. The first-order valence-electron chi connectivity index (χ1n) is 10.2. The summed E-state index contributed by atoms with van der Waals surface area (Å²) >= 11 is 0. The number of hydrogen-bond donors (Lipinski definition) is 2. The predicted octanol–water partition coefficient (Wildman–Crippen LogP) is 3.23. The molecule has 1 fully saturated rings. The molecule has 3 aromatic rings. The molecule has 2 aromatic carbocycles. The van der Waals surface area contributed by atoms with Crippen LogP contribution in [0.4, 0.5) is 22.1 Å². The van der Waals surface area contributed by atoms with Crippen LogP contribution in [0.15, 0.2) is 60.9 Å². The average Bonchev–Trinajstić information content (AvgIpc) is 2.81. The zero-order valence-electron chi connectivity index (χ0n) is 17.8. The summed E-state index contributed by atoms with van der Waals surface area (Å²) < 4.78 is 5.37. The van der Waals surface area contributed by atoms with E-state index in [0.717, 1.165) is 41.3 Å². The zero-order chi connectivity index (χ0) is 21.8. The Morgan fingerprint density at radius 3 is 2.16 bits per heavy atom. The van der Waals surface area contributed by atoms with Crippen LogP contribution in [-0.2, 0) is 0 Å². The van der Waals surface area contributed by atoms with Crippen molar-refractivity contribution in [1.29, 1.82) is 0 Å². The van der Waals surface area contributed by atoms with Gasteiger partial charge in [0.1, 0.15) is 24.5 Å². The molecule has 1 aromatic heterocycles. The Morgan fingerprint density at radius 1 is 1.00 bits per heavy atom. The van der Waals surface area contributed by atoms with Crippen LogP contribution in [0.5, 0.6) is 5.75 Å². The Morgan fingerprint density at radius 2 is 1.61 bits per heavy atom. The molecular formula is C23H27N6O2+. The summed E-state index contributed by atoms with van der Waals surface area (Å²) in [5.41, 5.74) is 9.48. The van der Waals surface area contributed by atoms with Crippen molar-refractivity contribution in [3.63, 3.8) is 0 Å². The second kappa shape index (κ2) is 8.71. The molecule has 1 saturated heterocycles. The topological polar surface area (TPSA) is 93.4 Å². The van der Waals surface area contributed by atoms with Crippen molar-refractivity contribution in [3.8, 4) is 16.9 Å². The van der Waals surface area contributed by atoms with Gasteiger partial charge >= 0.3 is 6.03 Å². The van der Waals surface area contributed by atoms with Crippen LogP contribution in [0.2, 0.25) is 0 Å². The summed E-state index contributed by atoms with van der Waals surface area (Å²) in [5, 5.41) is 3.21. The molecule has 0 atom stereocenters. The number of anilines is 2. The zero-order valence-corrected chi connectivity index (χ0v) is 17.8. The van der Waals surface area contributed by atoms with Gasteiger partial charge in [-0.15, -0.1) is 0 Å². The normalized spacial score (nSPS) is 15.9. The number of urea groups is 1. The van der Waals surface area contributed by atoms with E-state index in [1.54, 1.807) is 19.5 Å². The van der Waals surface area contributed by atoms with E-state index in [1.165, 1.54) is 0 Å². The summed E-state index contributed by atoms with van der Waals surface area (Å²) in [5.74, 6) is 1.31. The standard InChI is InChI=1S/C23H26N6O2/c1-28-11-13-29(14-12-28,22(24)30)20-7-5-19(6-8-20)27-23-25-15-18(16-26-23)17-3-9-21(31-2)10-4-17/h3-10,15-16H,11-14H2,1-2H3,(H2-,24,25,26,27,30)/p+1. The predicted molar refractivity (Wildman–Crippen MR) is 122 cm³/mol. The van der Waals surface area contributed by atoms with Crippen molar-refractivity contribution in [2.75, 3.05) is 45.7 Å². The second-order valence-corrected chi connectivity index (χ2v) is 7.75. The molecule has 8 nitrogen and oxygen atoms in total. The summed E-state index contributed by atoms with van der Waals surface area (Å²) in [7, 11) is 3.70. The summed E-state index contributed by atoms with van der Waals surface area (Å²) in [6, 6.07) is 15.2. The highest BCUT2D eigenvalue weighted by molar-refractivity contribution is 5.86. The van der Waals surface area contributed by atoms with Gasteiger partial charge in [0.05, 0.1) is 7.11 Å². The highest BCUT2D eigenvalue weighted by atomic mass is 16.5. The molecule has 0 unspecified atom stereocenters. The van der Waals surface area contributed by atoms with E-state index in [4.69, 9.17) is 10.5 Å². The van der Waals surface area contributed by atoms with Gasteiger partial charge in [0.15, 0.2) is 0 Å². The maximum Gasteiger partial charge on any atom is 0.419 e. The van der Waals surface area contributed by atoms with Crippen molar-refractivity contribution in [2.45, 2.75) is 0 Å². The molecule has 0 saturated carbocycles. The van der Waals surface area contributed by atoms with Gasteiger partial charge in [0.25, 0.3) is 0 Å². The van der Waals surface area contributed by atoms with Crippen molar-refractivity contribution in [3.05, 3.63) is 60.9 Å². The molecule has 0 bridgehead atoms. The molecule has 2 heterocycles. The molecule has 160 valence electrons. The Hall–Kier alpha value is -3.49. The number of nitrogens with one attached hydrogen (secondary N) is 1. The number of ether oxygens (including phenoxy) is 1. The van der Waals surface area contributed by atoms with Gasteiger partial charge in [-0.3, -0.25) is 4.90 Å². The molecule has 31 heavy (non-hydrogen) atoms. The van der Waals surface area contributed by atoms with E-state index in [9.17, 15) is 4.79 Å². The quantitative estimate of drug-likeness (QED) is 0.617. The van der Waals surface area contributed by atoms with Crippen LogP contribution in [0, 0.1) is 0 Å². The van der Waals surface area contributed by atoms with E-state index in [0.29, 0.717) is 19.0 Å². The van der Waals surface area contributed by atoms with Crippen LogP contribution in [-0.4, -0.2) is 61.2 Å². The number of amides is 2. The van der Waals surface area contributed by atoms with Gasteiger partial charge in [-0.2, -0.15) is 0 Å². The molecule has 8 heteroatoms. The lowest BCUT2D eigenvalue weighted by atomic mass is 10.1. The fraction of sp³-hybridized carbons (Fsp3) is 0.261. The largest absolute Gasteiger partial charge is 0.497 e. The third-order valence-corrected chi connectivity index (χ3v) is 5.84. The van der Waals surface area contributed by atoms with E-state index in [-0.39, 0.29) is 10.5 Å². The Bertz CT molecular complexity index is 1030. The maximum atomic E-state index is 12.3. The van der Waals surface area contributed by atoms with Gasteiger partial charge in [0, 0.05) is 48.9 Å². The lowest BCUT2D eigenvalue weighted by Gasteiger charge is -2.39. The number of carbonyl (C=O) groups is 1. The molecule has 0 radical (unpaired) electrons. The molecular weight excluding hydrogens is 392 g/mol. The molecule has 2 amide bonds. The van der Waals surface area contributed by atoms with Crippen LogP contribution in [0.25, 0.3) is 11.1 Å². The summed E-state index contributed by atoms with van der Waals surface area (Å²) in [4.78, 5) is 23.3. The summed E-state index contributed by atoms with van der Waals surface area (Å²) in [6.45, 7) is 3.01. The minimum Gasteiger partial charge on any atom is -0.497 e. The molecule has 0 spiro atoms. The van der Waals surface area contributed by atoms with Gasteiger partial charge < -0.3 is 15.8 Å². The number of primary amides is 1. The SMILES string of the molecule is COc1ccc(-c2cnc(Nc3ccc([N+]4(C(N)=O)CCN(C)CC4)cc3)nc2)cc1. The van der Waals surface area contributed by atoms with Gasteiger partial charge in [-0.25, -0.2) is 19.2 Å². The molecule has 1 aliphatic heterocycles. The lowest BCUT2D eigenvalue weighted by Crippen LogP contribution is -2.65. The van der Waals surface area contributed by atoms with Gasteiger partial charge in [-0.1, -0.05) is 12.1 Å². The number of aromatic nitrogens is 2. The number of nitrogens with zero attached hydrogens (tertiary/aromatic N) is 4. The number of nitrogens with two attached hydrogens (primary N) is 1. The van der Waals surface area contributed by atoms with Crippen molar-refractivity contribution in [2.24, 2.45) is 5.73 Å². The number of benzene rings is 2. The number of methoxy groups -OCH3 is 1. The first-order chi connectivity index (χ1) is 15.0. The minimum absolute atomic E-state index is 0.178. The highest BCUT2D eigenvalue weighted by Crippen LogP contribution is 2.28. The van der Waals surface area contributed by atoms with Crippen molar-refractivity contribution >= 4 is 23.4 Å². The molecule has 3 N–H and O–H groups in total. The fourth-order valence-corrected chi connectivity index (χ4v) is 3.80. The van der Waals surface area contributed by atoms with Crippen molar-refractivity contribution in [1.82, 2.24) is 19.4 Å².